The number of anilines is 1. The van der Waals surface area contributed by atoms with Crippen LogP contribution in [-0.4, -0.2) is 44.3 Å². The van der Waals surface area contributed by atoms with Gasteiger partial charge in [0, 0.05) is 17.6 Å². The summed E-state index contributed by atoms with van der Waals surface area (Å²) in [4.78, 5) is 28.1. The van der Waals surface area contributed by atoms with Crippen LogP contribution in [0.5, 0.6) is 0 Å². The van der Waals surface area contributed by atoms with Gasteiger partial charge in [0.25, 0.3) is 10.0 Å². The van der Waals surface area contributed by atoms with Gasteiger partial charge in [-0.05, 0) is 55.3 Å². The van der Waals surface area contributed by atoms with Crippen LogP contribution in [0.2, 0.25) is 5.02 Å². The van der Waals surface area contributed by atoms with Crippen molar-refractivity contribution in [3.05, 3.63) is 93.9 Å². The lowest BCUT2D eigenvalue weighted by Gasteiger charge is -2.32. The quantitative estimate of drug-likeness (QED) is 0.323. The summed E-state index contributed by atoms with van der Waals surface area (Å²) in [6, 6.07) is 20.8. The molecule has 0 radical (unpaired) electrons. The summed E-state index contributed by atoms with van der Waals surface area (Å²) in [6.45, 7) is 3.62. The van der Waals surface area contributed by atoms with E-state index in [2.05, 4.69) is 21.2 Å². The normalized spacial score (nSPS) is 12.0. The fraction of sp³-hybridized carbons (Fsp3) is 0.259. The van der Waals surface area contributed by atoms with Crippen LogP contribution >= 0.6 is 27.5 Å². The first kappa shape index (κ1) is 28.7. The lowest BCUT2D eigenvalue weighted by molar-refractivity contribution is -0.139. The van der Waals surface area contributed by atoms with Gasteiger partial charge in [-0.15, -0.1) is 0 Å². The fourth-order valence-electron chi connectivity index (χ4n) is 3.65. The van der Waals surface area contributed by atoms with Crippen molar-refractivity contribution >= 4 is 55.1 Å². The van der Waals surface area contributed by atoms with E-state index in [1.54, 1.807) is 49.4 Å². The second-order valence-electron chi connectivity index (χ2n) is 8.39. The minimum atomic E-state index is -4.15. The first-order chi connectivity index (χ1) is 17.6. The molecule has 196 valence electrons. The minimum Gasteiger partial charge on any atom is -0.354 e. The maximum absolute atomic E-state index is 13.8. The molecule has 0 unspecified atom stereocenters. The highest BCUT2D eigenvalue weighted by Gasteiger charge is 2.33. The van der Waals surface area contributed by atoms with Crippen LogP contribution in [0.15, 0.2) is 88.2 Å². The van der Waals surface area contributed by atoms with Gasteiger partial charge in [0.1, 0.15) is 12.6 Å². The molecule has 7 nitrogen and oxygen atoms in total. The molecule has 0 bridgehead atoms. The third kappa shape index (κ3) is 7.34. The average molecular weight is 607 g/mol. The lowest BCUT2D eigenvalue weighted by atomic mass is 10.1. The number of hydrogen-bond donors (Lipinski definition) is 1. The van der Waals surface area contributed by atoms with Crippen molar-refractivity contribution in [2.45, 2.75) is 37.8 Å². The first-order valence-electron chi connectivity index (χ1n) is 11.8. The largest absolute Gasteiger partial charge is 0.354 e. The smallest absolute Gasteiger partial charge is 0.264 e. The molecular formula is C27H29BrClN3O4S. The SMILES string of the molecule is CCCNC(=O)[C@H](C)N(Cc1ccc(Br)cc1)C(=O)CN(c1ccccc1Cl)S(=O)(=O)c1ccccc1. The number of benzene rings is 3. The second-order valence-corrected chi connectivity index (χ2v) is 11.6. The molecule has 0 aliphatic carbocycles. The van der Waals surface area contributed by atoms with Gasteiger partial charge in [-0.3, -0.25) is 13.9 Å². The van der Waals surface area contributed by atoms with Crippen molar-refractivity contribution in [2.24, 2.45) is 0 Å². The molecule has 3 rings (SSSR count). The number of sulfonamides is 1. The number of carbonyl (C=O) groups excluding carboxylic acids is 2. The Labute approximate surface area is 231 Å². The highest BCUT2D eigenvalue weighted by atomic mass is 79.9. The predicted octanol–water partition coefficient (Wildman–Crippen LogP) is 5.24. The number of hydrogen-bond acceptors (Lipinski definition) is 4. The summed E-state index contributed by atoms with van der Waals surface area (Å²) in [5.74, 6) is -0.857. The maximum Gasteiger partial charge on any atom is 0.264 e. The number of nitrogens with one attached hydrogen (secondary N) is 1. The summed E-state index contributed by atoms with van der Waals surface area (Å²) >= 11 is 9.79. The molecule has 0 aliphatic rings. The topological polar surface area (TPSA) is 86.8 Å². The fourth-order valence-corrected chi connectivity index (χ4v) is 5.66. The van der Waals surface area contributed by atoms with Gasteiger partial charge >= 0.3 is 0 Å². The Morgan fingerprint density at radius 1 is 0.973 bits per heavy atom. The first-order valence-corrected chi connectivity index (χ1v) is 14.4. The van der Waals surface area contributed by atoms with E-state index in [0.717, 1.165) is 20.8 Å². The maximum atomic E-state index is 13.8. The number of para-hydroxylation sites is 1. The molecule has 3 aromatic rings. The highest BCUT2D eigenvalue weighted by molar-refractivity contribution is 9.10. The molecule has 1 atom stereocenters. The third-order valence-corrected chi connectivity index (χ3v) is 8.34. The summed E-state index contributed by atoms with van der Waals surface area (Å²) in [6.07, 6.45) is 0.745. The van der Waals surface area contributed by atoms with E-state index in [9.17, 15) is 18.0 Å². The van der Waals surface area contributed by atoms with Crippen molar-refractivity contribution in [1.82, 2.24) is 10.2 Å². The summed E-state index contributed by atoms with van der Waals surface area (Å²) in [5.41, 5.74) is 0.968. The van der Waals surface area contributed by atoms with E-state index in [4.69, 9.17) is 11.6 Å². The molecule has 0 spiro atoms. The summed E-state index contributed by atoms with van der Waals surface area (Å²) in [5, 5.41) is 3.00. The number of carbonyl (C=O) groups is 2. The van der Waals surface area contributed by atoms with E-state index < -0.39 is 28.5 Å². The van der Waals surface area contributed by atoms with Gasteiger partial charge in [0.05, 0.1) is 15.6 Å². The lowest BCUT2D eigenvalue weighted by Crippen LogP contribution is -2.51. The van der Waals surface area contributed by atoms with E-state index in [-0.39, 0.29) is 28.1 Å². The number of rotatable bonds is 11. The molecule has 0 saturated heterocycles. The van der Waals surface area contributed by atoms with Crippen LogP contribution < -0.4 is 9.62 Å². The van der Waals surface area contributed by atoms with Crippen molar-refractivity contribution < 1.29 is 18.0 Å². The molecular weight excluding hydrogens is 578 g/mol. The number of halogens is 2. The molecule has 0 fully saturated rings. The van der Waals surface area contributed by atoms with Gasteiger partial charge in [-0.1, -0.05) is 76.9 Å². The third-order valence-electron chi connectivity index (χ3n) is 5.71. The van der Waals surface area contributed by atoms with Gasteiger partial charge in [0.15, 0.2) is 0 Å². The Morgan fingerprint density at radius 3 is 2.22 bits per heavy atom. The zero-order valence-corrected chi connectivity index (χ0v) is 23.8. The summed E-state index contributed by atoms with van der Waals surface area (Å²) in [7, 11) is -4.15. The van der Waals surface area contributed by atoms with Gasteiger partial charge in [-0.2, -0.15) is 0 Å². The zero-order valence-electron chi connectivity index (χ0n) is 20.6. The summed E-state index contributed by atoms with van der Waals surface area (Å²) < 4.78 is 29.3. The highest BCUT2D eigenvalue weighted by Crippen LogP contribution is 2.30. The van der Waals surface area contributed by atoms with Crippen LogP contribution in [0, 0.1) is 0 Å². The molecule has 0 aliphatic heterocycles. The molecule has 3 aromatic carbocycles. The molecule has 0 saturated carbocycles. The Balaban J connectivity index is 2.01. The van der Waals surface area contributed by atoms with E-state index in [1.807, 2.05) is 31.2 Å². The van der Waals surface area contributed by atoms with Crippen LogP contribution in [-0.2, 0) is 26.2 Å². The Kier molecular flexibility index (Phi) is 10.1. The van der Waals surface area contributed by atoms with Crippen LogP contribution in [0.3, 0.4) is 0 Å². The monoisotopic (exact) mass is 605 g/mol. The number of amides is 2. The number of nitrogens with zero attached hydrogens (tertiary/aromatic N) is 2. The van der Waals surface area contributed by atoms with Crippen LogP contribution in [0.1, 0.15) is 25.8 Å². The van der Waals surface area contributed by atoms with Crippen molar-refractivity contribution in [1.29, 1.82) is 0 Å². The molecule has 1 N–H and O–H groups in total. The standard InChI is InChI=1S/C27H29BrClN3O4S/c1-3-17-30-27(34)20(2)31(18-21-13-15-22(28)16-14-21)26(33)19-32(25-12-8-7-11-24(25)29)37(35,36)23-9-5-4-6-10-23/h4-16,20H,3,17-19H2,1-2H3,(H,30,34)/t20-/m0/s1. The molecule has 2 amide bonds. The predicted molar refractivity (Wildman–Crippen MR) is 150 cm³/mol. The van der Waals surface area contributed by atoms with E-state index in [0.29, 0.717) is 6.54 Å². The second kappa shape index (κ2) is 13.1. The minimum absolute atomic E-state index is 0.0240. The van der Waals surface area contributed by atoms with Crippen molar-refractivity contribution in [2.75, 3.05) is 17.4 Å². The van der Waals surface area contributed by atoms with Gasteiger partial charge in [-0.25, -0.2) is 8.42 Å². The van der Waals surface area contributed by atoms with Crippen molar-refractivity contribution in [3.8, 4) is 0 Å². The zero-order chi connectivity index (χ0) is 27.0. The Morgan fingerprint density at radius 2 is 1.59 bits per heavy atom. The Hall–Kier alpha value is -2.88. The van der Waals surface area contributed by atoms with E-state index >= 15 is 0 Å². The molecule has 10 heteroatoms. The molecule has 0 heterocycles. The average Bonchev–Trinajstić information content (AvgIpc) is 2.90. The van der Waals surface area contributed by atoms with Gasteiger partial charge < -0.3 is 10.2 Å². The van der Waals surface area contributed by atoms with Gasteiger partial charge in [0.2, 0.25) is 11.8 Å². The van der Waals surface area contributed by atoms with E-state index in [1.165, 1.54) is 17.0 Å². The van der Waals surface area contributed by atoms with Crippen LogP contribution in [0.25, 0.3) is 0 Å². The molecule has 0 aromatic heterocycles. The Bertz CT molecular complexity index is 1320. The van der Waals surface area contributed by atoms with Crippen molar-refractivity contribution in [3.63, 3.8) is 0 Å². The van der Waals surface area contributed by atoms with Crippen LogP contribution in [0.4, 0.5) is 5.69 Å². The molecule has 37 heavy (non-hydrogen) atoms.